The second kappa shape index (κ2) is 10.0. The molecule has 0 saturated heterocycles. The highest BCUT2D eigenvalue weighted by atomic mass is 35.5. The molecule has 0 fully saturated rings. The van der Waals surface area contributed by atoms with Crippen molar-refractivity contribution in [2.45, 2.75) is 39.8 Å². The van der Waals surface area contributed by atoms with E-state index in [-0.39, 0.29) is 23.8 Å². The molecular formula is C24H25Cl2N3O2. The van der Waals surface area contributed by atoms with Crippen LogP contribution >= 0.6 is 23.2 Å². The maximum Gasteiger partial charge on any atom is 0.319 e. The van der Waals surface area contributed by atoms with Crippen molar-refractivity contribution in [1.29, 1.82) is 0 Å². The molecule has 162 valence electrons. The van der Waals surface area contributed by atoms with E-state index in [1.807, 2.05) is 38.1 Å². The van der Waals surface area contributed by atoms with Gasteiger partial charge >= 0.3 is 6.03 Å². The molecule has 0 spiro atoms. The minimum absolute atomic E-state index is 0.153. The van der Waals surface area contributed by atoms with Crippen LogP contribution in [0.25, 0.3) is 0 Å². The number of aromatic nitrogens is 1. The van der Waals surface area contributed by atoms with Crippen molar-refractivity contribution in [2.24, 2.45) is 0 Å². The lowest BCUT2D eigenvalue weighted by Gasteiger charge is -2.19. The summed E-state index contributed by atoms with van der Waals surface area (Å²) < 4.78 is 1.51. The Morgan fingerprint density at radius 2 is 1.77 bits per heavy atom. The molecule has 7 heteroatoms. The summed E-state index contributed by atoms with van der Waals surface area (Å²) >= 11 is 12.2. The fraction of sp³-hybridized carbons (Fsp3) is 0.250. The van der Waals surface area contributed by atoms with Gasteiger partial charge in [-0.15, -0.1) is 0 Å². The molecule has 2 aromatic carbocycles. The van der Waals surface area contributed by atoms with Gasteiger partial charge in [0.2, 0.25) is 0 Å². The van der Waals surface area contributed by atoms with Crippen LogP contribution < -0.4 is 16.2 Å². The van der Waals surface area contributed by atoms with Gasteiger partial charge in [-0.1, -0.05) is 66.0 Å². The third-order valence-corrected chi connectivity index (χ3v) is 5.75. The summed E-state index contributed by atoms with van der Waals surface area (Å²) in [5.41, 5.74) is 3.56. The number of hydrogen-bond acceptors (Lipinski definition) is 2. The van der Waals surface area contributed by atoms with E-state index in [0.29, 0.717) is 15.6 Å². The van der Waals surface area contributed by atoms with Crippen molar-refractivity contribution in [1.82, 2.24) is 9.88 Å². The molecular weight excluding hydrogens is 433 g/mol. The maximum absolute atomic E-state index is 13.0. The summed E-state index contributed by atoms with van der Waals surface area (Å²) in [5.74, 6) is 0. The predicted octanol–water partition coefficient (Wildman–Crippen LogP) is 6.09. The van der Waals surface area contributed by atoms with Crippen LogP contribution in [-0.2, 0) is 6.54 Å². The van der Waals surface area contributed by atoms with E-state index < -0.39 is 6.03 Å². The predicted molar refractivity (Wildman–Crippen MR) is 127 cm³/mol. The molecule has 3 aromatic rings. The highest BCUT2D eigenvalue weighted by Gasteiger charge is 2.16. The van der Waals surface area contributed by atoms with Crippen LogP contribution in [0.3, 0.4) is 0 Å². The molecule has 0 bridgehead atoms. The first-order valence-corrected chi connectivity index (χ1v) is 10.8. The van der Waals surface area contributed by atoms with Crippen LogP contribution in [0.1, 0.15) is 41.6 Å². The molecule has 1 atom stereocenters. The Morgan fingerprint density at radius 1 is 1.06 bits per heavy atom. The van der Waals surface area contributed by atoms with E-state index in [2.05, 4.69) is 10.6 Å². The lowest BCUT2D eigenvalue weighted by atomic mass is 10.0. The van der Waals surface area contributed by atoms with Crippen molar-refractivity contribution in [3.05, 3.63) is 97.4 Å². The SMILES string of the molecule is CC[C@H](NC(=O)Nc1c(C)ccn(Cc2ccc(Cl)cc2Cl)c1=O)c1ccc(C)cc1. The topological polar surface area (TPSA) is 63.1 Å². The number of benzene rings is 2. The number of pyridine rings is 1. The molecule has 0 aliphatic heterocycles. The summed E-state index contributed by atoms with van der Waals surface area (Å²) in [6, 6.07) is 14.4. The second-order valence-corrected chi connectivity index (χ2v) is 8.36. The number of hydrogen-bond donors (Lipinski definition) is 2. The fourth-order valence-corrected chi connectivity index (χ4v) is 3.77. The van der Waals surface area contributed by atoms with Crippen LogP contribution in [0.15, 0.2) is 59.5 Å². The number of nitrogens with one attached hydrogen (secondary N) is 2. The van der Waals surface area contributed by atoms with Crippen LogP contribution in [0.4, 0.5) is 10.5 Å². The molecule has 2 N–H and O–H groups in total. The standard InChI is InChI=1S/C24H25Cl2N3O2/c1-4-21(17-7-5-15(2)6-8-17)27-24(31)28-22-16(3)11-12-29(23(22)30)14-18-9-10-19(25)13-20(18)26/h5-13,21H,4,14H2,1-3H3,(H2,27,28,31)/t21-/m0/s1. The molecule has 1 heterocycles. The molecule has 3 rings (SSSR count). The van der Waals surface area contributed by atoms with Gasteiger partial charge in [-0.05, 0) is 55.2 Å². The summed E-state index contributed by atoms with van der Waals surface area (Å²) in [4.78, 5) is 25.7. The van der Waals surface area contributed by atoms with Crippen molar-refractivity contribution in [3.8, 4) is 0 Å². The average molecular weight is 458 g/mol. The van der Waals surface area contributed by atoms with Gasteiger partial charge in [0.25, 0.3) is 5.56 Å². The first-order valence-electron chi connectivity index (χ1n) is 10.1. The Labute approximate surface area is 192 Å². The van der Waals surface area contributed by atoms with Crippen molar-refractivity contribution in [2.75, 3.05) is 5.32 Å². The number of aryl methyl sites for hydroxylation is 2. The Bertz CT molecular complexity index is 1140. The van der Waals surface area contributed by atoms with Crippen molar-refractivity contribution < 1.29 is 4.79 Å². The minimum atomic E-state index is -0.421. The van der Waals surface area contributed by atoms with E-state index in [1.54, 1.807) is 37.4 Å². The molecule has 2 amide bonds. The number of amides is 2. The van der Waals surface area contributed by atoms with Crippen LogP contribution in [0.5, 0.6) is 0 Å². The molecule has 0 saturated carbocycles. The van der Waals surface area contributed by atoms with Gasteiger partial charge < -0.3 is 15.2 Å². The van der Waals surface area contributed by atoms with Crippen LogP contribution in [0, 0.1) is 13.8 Å². The number of rotatable bonds is 6. The third-order valence-electron chi connectivity index (χ3n) is 5.16. The zero-order valence-corrected chi connectivity index (χ0v) is 19.2. The molecule has 0 aliphatic rings. The monoisotopic (exact) mass is 457 g/mol. The minimum Gasteiger partial charge on any atom is -0.331 e. The highest BCUT2D eigenvalue weighted by Crippen LogP contribution is 2.22. The van der Waals surface area contributed by atoms with E-state index >= 15 is 0 Å². The molecule has 31 heavy (non-hydrogen) atoms. The largest absolute Gasteiger partial charge is 0.331 e. The van der Waals surface area contributed by atoms with E-state index in [1.165, 1.54) is 4.57 Å². The van der Waals surface area contributed by atoms with Crippen molar-refractivity contribution in [3.63, 3.8) is 0 Å². The summed E-state index contributed by atoms with van der Waals surface area (Å²) in [5, 5.41) is 6.71. The molecule has 0 aliphatic carbocycles. The molecule has 1 aromatic heterocycles. The van der Waals surface area contributed by atoms with Gasteiger partial charge in [0.05, 0.1) is 12.6 Å². The van der Waals surface area contributed by atoms with Crippen LogP contribution in [-0.4, -0.2) is 10.6 Å². The summed E-state index contributed by atoms with van der Waals surface area (Å²) in [6.45, 7) is 6.08. The highest BCUT2D eigenvalue weighted by molar-refractivity contribution is 6.35. The Kier molecular flexibility index (Phi) is 7.42. The zero-order chi connectivity index (χ0) is 22.5. The van der Waals surface area contributed by atoms with Gasteiger partial charge in [0.1, 0.15) is 5.69 Å². The number of carbonyl (C=O) groups is 1. The third kappa shape index (κ3) is 5.69. The van der Waals surface area contributed by atoms with Gasteiger partial charge in [-0.3, -0.25) is 4.79 Å². The molecule has 0 unspecified atom stereocenters. The van der Waals surface area contributed by atoms with Crippen molar-refractivity contribution >= 4 is 34.9 Å². The molecule has 5 nitrogen and oxygen atoms in total. The quantitative estimate of drug-likeness (QED) is 0.469. The lowest BCUT2D eigenvalue weighted by molar-refractivity contribution is 0.248. The van der Waals surface area contributed by atoms with Gasteiger partial charge in [0, 0.05) is 16.2 Å². The number of halogens is 2. The average Bonchev–Trinajstić information content (AvgIpc) is 2.74. The Balaban J connectivity index is 1.79. The summed E-state index contributed by atoms with van der Waals surface area (Å²) in [6.07, 6.45) is 2.41. The smallest absolute Gasteiger partial charge is 0.319 e. The van der Waals surface area contributed by atoms with Crippen LogP contribution in [0.2, 0.25) is 10.0 Å². The van der Waals surface area contributed by atoms with E-state index in [9.17, 15) is 9.59 Å². The molecule has 0 radical (unpaired) electrons. The Morgan fingerprint density at radius 3 is 2.42 bits per heavy atom. The van der Waals surface area contributed by atoms with Gasteiger partial charge in [-0.25, -0.2) is 4.79 Å². The fourth-order valence-electron chi connectivity index (χ4n) is 3.30. The number of carbonyl (C=O) groups excluding carboxylic acids is 1. The van der Waals surface area contributed by atoms with Gasteiger partial charge in [-0.2, -0.15) is 0 Å². The number of nitrogens with zero attached hydrogens (tertiary/aromatic N) is 1. The second-order valence-electron chi connectivity index (χ2n) is 7.51. The lowest BCUT2D eigenvalue weighted by Crippen LogP contribution is -2.35. The zero-order valence-electron chi connectivity index (χ0n) is 17.7. The first kappa shape index (κ1) is 22.9. The normalized spacial score (nSPS) is 11.8. The van der Waals surface area contributed by atoms with E-state index in [0.717, 1.165) is 23.1 Å². The maximum atomic E-state index is 13.0. The Hall–Kier alpha value is -2.76. The number of urea groups is 1. The first-order chi connectivity index (χ1) is 14.8. The van der Waals surface area contributed by atoms with E-state index in [4.69, 9.17) is 23.2 Å². The summed E-state index contributed by atoms with van der Waals surface area (Å²) in [7, 11) is 0. The van der Waals surface area contributed by atoms with Gasteiger partial charge in [0.15, 0.2) is 0 Å². The number of anilines is 1.